The van der Waals surface area contributed by atoms with Gasteiger partial charge in [-0.15, -0.1) is 0 Å². The topological polar surface area (TPSA) is 20.2 Å². The van der Waals surface area contributed by atoms with Gasteiger partial charge in [-0.05, 0) is 30.7 Å². The molecule has 0 aliphatic rings. The van der Waals surface area contributed by atoms with Gasteiger partial charge in [0.05, 0.1) is 5.02 Å². The quantitative estimate of drug-likeness (QED) is 0.855. The molecule has 1 atom stereocenters. The van der Waals surface area contributed by atoms with Crippen molar-refractivity contribution >= 4 is 23.2 Å². The normalized spacial score (nSPS) is 12.5. The van der Waals surface area contributed by atoms with Crippen LogP contribution >= 0.6 is 23.2 Å². The molecule has 0 aromatic heterocycles. The van der Waals surface area contributed by atoms with Crippen LogP contribution in [0.15, 0.2) is 30.3 Å². The van der Waals surface area contributed by atoms with Crippen LogP contribution in [-0.4, -0.2) is 5.11 Å². The van der Waals surface area contributed by atoms with Gasteiger partial charge in [0.15, 0.2) is 0 Å². The summed E-state index contributed by atoms with van der Waals surface area (Å²) in [5.41, 5.74) is 0.814. The van der Waals surface area contributed by atoms with E-state index in [0.717, 1.165) is 6.07 Å². The van der Waals surface area contributed by atoms with Gasteiger partial charge in [-0.25, -0.2) is 8.78 Å². The van der Waals surface area contributed by atoms with Gasteiger partial charge in [0.25, 0.3) is 0 Å². The molecule has 0 radical (unpaired) electrons. The van der Waals surface area contributed by atoms with Crippen molar-refractivity contribution in [3.8, 4) is 0 Å². The summed E-state index contributed by atoms with van der Waals surface area (Å²) in [4.78, 5) is 0. The number of hydrogen-bond acceptors (Lipinski definition) is 1. The molecule has 0 saturated heterocycles. The van der Waals surface area contributed by atoms with Crippen molar-refractivity contribution in [3.05, 3.63) is 68.7 Å². The number of rotatable bonds is 2. The van der Waals surface area contributed by atoms with E-state index < -0.39 is 17.7 Å². The van der Waals surface area contributed by atoms with Crippen molar-refractivity contribution in [1.29, 1.82) is 0 Å². The van der Waals surface area contributed by atoms with Crippen molar-refractivity contribution in [2.45, 2.75) is 13.0 Å². The van der Waals surface area contributed by atoms with E-state index in [4.69, 9.17) is 23.2 Å². The van der Waals surface area contributed by atoms with E-state index in [1.54, 1.807) is 6.92 Å². The fourth-order valence-electron chi connectivity index (χ4n) is 1.79. The maximum Gasteiger partial charge on any atom is 0.142 e. The van der Waals surface area contributed by atoms with Crippen LogP contribution in [0.5, 0.6) is 0 Å². The standard InChI is InChI=1S/C14H10Cl2F2O/c1-7-5-9(10(15)6-12(7)18)14(19)8-3-2-4-11(17)13(8)16/h2-6,14,19H,1H3. The van der Waals surface area contributed by atoms with Crippen LogP contribution in [0.1, 0.15) is 22.8 Å². The molecule has 2 rings (SSSR count). The summed E-state index contributed by atoms with van der Waals surface area (Å²) in [6.45, 7) is 1.55. The second kappa shape index (κ2) is 5.45. The summed E-state index contributed by atoms with van der Waals surface area (Å²) in [5.74, 6) is -1.10. The molecule has 2 aromatic rings. The van der Waals surface area contributed by atoms with Crippen molar-refractivity contribution in [3.63, 3.8) is 0 Å². The molecule has 5 heteroatoms. The molecule has 100 valence electrons. The highest BCUT2D eigenvalue weighted by Gasteiger charge is 2.19. The fraction of sp³-hybridized carbons (Fsp3) is 0.143. The molecular weight excluding hydrogens is 293 g/mol. The molecule has 2 aromatic carbocycles. The van der Waals surface area contributed by atoms with Gasteiger partial charge in [-0.3, -0.25) is 0 Å². The number of aliphatic hydroxyl groups is 1. The highest BCUT2D eigenvalue weighted by atomic mass is 35.5. The molecule has 0 spiro atoms. The SMILES string of the molecule is Cc1cc(C(O)c2cccc(F)c2Cl)c(Cl)cc1F. The predicted octanol–water partition coefficient (Wildman–Crippen LogP) is 4.66. The third kappa shape index (κ3) is 2.73. The fourth-order valence-corrected chi connectivity index (χ4v) is 2.27. The number of benzene rings is 2. The van der Waals surface area contributed by atoms with E-state index in [2.05, 4.69) is 0 Å². The minimum absolute atomic E-state index is 0.0657. The number of halogens is 4. The van der Waals surface area contributed by atoms with Gasteiger partial charge in [-0.2, -0.15) is 0 Å². The maximum absolute atomic E-state index is 13.4. The van der Waals surface area contributed by atoms with E-state index in [9.17, 15) is 13.9 Å². The maximum atomic E-state index is 13.4. The van der Waals surface area contributed by atoms with Crippen LogP contribution < -0.4 is 0 Å². The van der Waals surface area contributed by atoms with Crippen LogP contribution in [0.25, 0.3) is 0 Å². The lowest BCUT2D eigenvalue weighted by molar-refractivity contribution is 0.220. The molecule has 1 N–H and O–H groups in total. The van der Waals surface area contributed by atoms with E-state index in [1.807, 2.05) is 0 Å². The van der Waals surface area contributed by atoms with Gasteiger partial charge in [0.2, 0.25) is 0 Å². The first-order valence-electron chi connectivity index (χ1n) is 5.49. The zero-order valence-electron chi connectivity index (χ0n) is 9.92. The van der Waals surface area contributed by atoms with Crippen molar-refractivity contribution in [1.82, 2.24) is 0 Å². The Labute approximate surface area is 119 Å². The van der Waals surface area contributed by atoms with Gasteiger partial charge in [-0.1, -0.05) is 35.3 Å². The Morgan fingerprint density at radius 3 is 2.42 bits per heavy atom. The third-order valence-corrected chi connectivity index (χ3v) is 3.57. The van der Waals surface area contributed by atoms with Crippen molar-refractivity contribution in [2.75, 3.05) is 0 Å². The Hall–Kier alpha value is -1.16. The Bertz CT molecular complexity index is 629. The smallest absolute Gasteiger partial charge is 0.142 e. The van der Waals surface area contributed by atoms with Crippen LogP contribution in [-0.2, 0) is 0 Å². The molecule has 0 heterocycles. The minimum Gasteiger partial charge on any atom is -0.384 e. The van der Waals surface area contributed by atoms with E-state index >= 15 is 0 Å². The second-order valence-electron chi connectivity index (χ2n) is 4.17. The molecule has 19 heavy (non-hydrogen) atoms. The van der Waals surface area contributed by atoms with Crippen LogP contribution in [0.3, 0.4) is 0 Å². The van der Waals surface area contributed by atoms with Crippen LogP contribution in [0.2, 0.25) is 10.0 Å². The minimum atomic E-state index is -1.21. The van der Waals surface area contributed by atoms with Gasteiger partial charge in [0, 0.05) is 16.1 Å². The summed E-state index contributed by atoms with van der Waals surface area (Å²) < 4.78 is 26.7. The Morgan fingerprint density at radius 1 is 1.05 bits per heavy atom. The summed E-state index contributed by atoms with van der Waals surface area (Å²) >= 11 is 11.7. The van der Waals surface area contributed by atoms with E-state index in [0.29, 0.717) is 5.56 Å². The lowest BCUT2D eigenvalue weighted by atomic mass is 9.99. The average molecular weight is 303 g/mol. The molecule has 0 amide bonds. The van der Waals surface area contributed by atoms with Crippen LogP contribution in [0.4, 0.5) is 8.78 Å². The van der Waals surface area contributed by atoms with Gasteiger partial charge in [0.1, 0.15) is 17.7 Å². The Kier molecular flexibility index (Phi) is 4.09. The Morgan fingerprint density at radius 2 is 1.74 bits per heavy atom. The first-order valence-corrected chi connectivity index (χ1v) is 6.25. The monoisotopic (exact) mass is 302 g/mol. The van der Waals surface area contributed by atoms with E-state index in [-0.39, 0.29) is 21.2 Å². The summed E-state index contributed by atoms with van der Waals surface area (Å²) in [6.07, 6.45) is -1.21. The molecule has 0 bridgehead atoms. The van der Waals surface area contributed by atoms with E-state index in [1.165, 1.54) is 24.3 Å². The summed E-state index contributed by atoms with van der Waals surface area (Å²) in [6, 6.07) is 6.65. The molecule has 1 nitrogen and oxygen atoms in total. The largest absolute Gasteiger partial charge is 0.384 e. The lowest BCUT2D eigenvalue weighted by Gasteiger charge is -2.16. The highest BCUT2D eigenvalue weighted by molar-refractivity contribution is 6.32. The predicted molar refractivity (Wildman–Crippen MR) is 71.6 cm³/mol. The zero-order chi connectivity index (χ0) is 14.2. The lowest BCUT2D eigenvalue weighted by Crippen LogP contribution is -2.03. The molecular formula is C14H10Cl2F2O. The molecule has 0 fully saturated rings. The molecule has 1 unspecified atom stereocenters. The number of hydrogen-bond donors (Lipinski definition) is 1. The highest BCUT2D eigenvalue weighted by Crippen LogP contribution is 2.34. The van der Waals surface area contributed by atoms with Crippen LogP contribution in [0, 0.1) is 18.6 Å². The van der Waals surface area contributed by atoms with Crippen molar-refractivity contribution < 1.29 is 13.9 Å². The molecule has 0 saturated carbocycles. The zero-order valence-corrected chi connectivity index (χ0v) is 11.4. The summed E-state index contributed by atoms with van der Waals surface area (Å²) in [7, 11) is 0. The first kappa shape index (κ1) is 14.3. The molecule has 0 aliphatic carbocycles. The van der Waals surface area contributed by atoms with Gasteiger partial charge >= 0.3 is 0 Å². The third-order valence-electron chi connectivity index (χ3n) is 2.85. The second-order valence-corrected chi connectivity index (χ2v) is 4.95. The summed E-state index contributed by atoms with van der Waals surface area (Å²) in [5, 5.41) is 10.1. The number of aliphatic hydroxyl groups excluding tert-OH is 1. The first-order chi connectivity index (χ1) is 8.91. The number of aryl methyl sites for hydroxylation is 1. The Balaban J connectivity index is 2.53. The van der Waals surface area contributed by atoms with Crippen molar-refractivity contribution in [2.24, 2.45) is 0 Å². The average Bonchev–Trinajstić information content (AvgIpc) is 2.36. The van der Waals surface area contributed by atoms with Gasteiger partial charge < -0.3 is 5.11 Å². The molecule has 0 aliphatic heterocycles.